The monoisotopic (exact) mass is 255 g/mol. The van der Waals surface area contributed by atoms with Crippen LogP contribution in [-0.2, 0) is 0 Å². The van der Waals surface area contributed by atoms with E-state index < -0.39 is 0 Å². The van der Waals surface area contributed by atoms with Crippen LogP contribution in [0.5, 0.6) is 0 Å². The van der Waals surface area contributed by atoms with Gasteiger partial charge in [-0.25, -0.2) is 4.98 Å². The zero-order valence-corrected chi connectivity index (χ0v) is 11.0. The molecule has 0 spiro atoms. The largest absolute Gasteiger partial charge is 0.300 e. The Balaban J connectivity index is 1.80. The summed E-state index contributed by atoms with van der Waals surface area (Å²) >= 11 is 0. The number of carbonyl (C=O) groups is 1. The topological polar surface area (TPSA) is 57.0 Å². The second-order valence-corrected chi connectivity index (χ2v) is 5.62. The number of fused-ring (bicyclic) bond motifs is 2. The lowest BCUT2D eigenvalue weighted by molar-refractivity contribution is 0.0767. The van der Waals surface area contributed by atoms with Gasteiger partial charge in [-0.2, -0.15) is 5.26 Å². The number of pyridine rings is 1. The van der Waals surface area contributed by atoms with Gasteiger partial charge < -0.3 is 4.90 Å². The van der Waals surface area contributed by atoms with Gasteiger partial charge in [-0.3, -0.25) is 4.79 Å². The second kappa shape index (κ2) is 4.75. The van der Waals surface area contributed by atoms with Gasteiger partial charge in [0.15, 0.2) is 5.78 Å². The third-order valence-electron chi connectivity index (χ3n) is 4.63. The van der Waals surface area contributed by atoms with Gasteiger partial charge in [-0.15, -0.1) is 0 Å². The van der Waals surface area contributed by atoms with Gasteiger partial charge in [0.2, 0.25) is 0 Å². The van der Waals surface area contributed by atoms with Crippen LogP contribution in [0.15, 0.2) is 18.3 Å². The molecular weight excluding hydrogens is 238 g/mol. The van der Waals surface area contributed by atoms with Crippen molar-refractivity contribution in [2.45, 2.75) is 37.8 Å². The van der Waals surface area contributed by atoms with Crippen molar-refractivity contribution in [3.63, 3.8) is 0 Å². The summed E-state index contributed by atoms with van der Waals surface area (Å²) in [6.07, 6.45) is 5.89. The predicted molar refractivity (Wildman–Crippen MR) is 70.6 cm³/mol. The molecule has 2 aliphatic rings. The smallest absolute Gasteiger partial charge is 0.166 e. The van der Waals surface area contributed by atoms with E-state index in [4.69, 9.17) is 5.26 Å². The highest BCUT2D eigenvalue weighted by Crippen LogP contribution is 2.38. The van der Waals surface area contributed by atoms with Crippen LogP contribution in [-0.4, -0.2) is 34.8 Å². The first-order valence-corrected chi connectivity index (χ1v) is 6.81. The fraction of sp³-hybridized carbons (Fsp3) is 0.533. The molecule has 0 radical (unpaired) electrons. The van der Waals surface area contributed by atoms with E-state index in [1.54, 1.807) is 18.3 Å². The lowest BCUT2D eigenvalue weighted by Gasteiger charge is -2.35. The average Bonchev–Trinajstić information content (AvgIpc) is 2.68. The Hall–Kier alpha value is -1.73. The minimum Gasteiger partial charge on any atom is -0.300 e. The van der Waals surface area contributed by atoms with Gasteiger partial charge in [0.1, 0.15) is 11.8 Å². The summed E-state index contributed by atoms with van der Waals surface area (Å²) in [5.74, 6) is 0.298. The van der Waals surface area contributed by atoms with Crippen molar-refractivity contribution in [3.8, 4) is 6.07 Å². The van der Waals surface area contributed by atoms with Crippen molar-refractivity contribution in [1.29, 1.82) is 5.26 Å². The van der Waals surface area contributed by atoms with E-state index in [1.807, 2.05) is 6.07 Å². The minimum absolute atomic E-state index is 0.114. The molecule has 0 saturated carbocycles. The van der Waals surface area contributed by atoms with Crippen LogP contribution >= 0.6 is 0 Å². The van der Waals surface area contributed by atoms with Gasteiger partial charge in [0.25, 0.3) is 0 Å². The quantitative estimate of drug-likeness (QED) is 0.758. The van der Waals surface area contributed by atoms with E-state index in [1.165, 1.54) is 12.8 Å². The third-order valence-corrected chi connectivity index (χ3v) is 4.63. The number of hydrogen-bond acceptors (Lipinski definition) is 4. The number of nitriles is 1. The molecule has 2 fully saturated rings. The number of rotatable bonds is 2. The minimum atomic E-state index is 0.114. The Morgan fingerprint density at radius 3 is 2.74 bits per heavy atom. The molecule has 2 saturated heterocycles. The number of piperidine rings is 1. The number of hydrogen-bond donors (Lipinski definition) is 0. The van der Waals surface area contributed by atoms with Crippen molar-refractivity contribution in [2.75, 3.05) is 7.05 Å². The van der Waals surface area contributed by atoms with Crippen molar-refractivity contribution in [2.24, 2.45) is 5.92 Å². The molecule has 2 atom stereocenters. The Morgan fingerprint density at radius 2 is 2.11 bits per heavy atom. The Labute approximate surface area is 113 Å². The maximum absolute atomic E-state index is 12.5. The summed E-state index contributed by atoms with van der Waals surface area (Å²) < 4.78 is 0. The summed E-state index contributed by atoms with van der Waals surface area (Å²) in [5, 5.41) is 8.85. The molecule has 1 aromatic heterocycles. The molecule has 2 bridgehead atoms. The van der Waals surface area contributed by atoms with E-state index in [-0.39, 0.29) is 11.7 Å². The van der Waals surface area contributed by atoms with Crippen LogP contribution in [0, 0.1) is 17.2 Å². The molecule has 19 heavy (non-hydrogen) atoms. The van der Waals surface area contributed by atoms with E-state index in [0.717, 1.165) is 12.8 Å². The fourth-order valence-corrected chi connectivity index (χ4v) is 3.51. The summed E-state index contributed by atoms with van der Waals surface area (Å²) in [6, 6.07) is 6.45. The molecule has 0 N–H and O–H groups in total. The first-order valence-electron chi connectivity index (χ1n) is 6.81. The standard InChI is InChI=1S/C15H17N3O/c1-18-13-2-3-14(18)8-11(7-13)15(19)10-4-5-17-12(6-10)9-16/h4-6,11,13-14H,2-3,7-8H2,1H3. The van der Waals surface area contributed by atoms with E-state index in [0.29, 0.717) is 23.3 Å². The maximum atomic E-state index is 12.5. The van der Waals surface area contributed by atoms with Crippen LogP contribution in [0.1, 0.15) is 41.7 Å². The molecule has 3 heterocycles. The summed E-state index contributed by atoms with van der Waals surface area (Å²) in [7, 11) is 2.17. The zero-order chi connectivity index (χ0) is 13.4. The number of nitrogens with zero attached hydrogens (tertiary/aromatic N) is 3. The lowest BCUT2D eigenvalue weighted by Crippen LogP contribution is -2.42. The molecule has 98 valence electrons. The molecule has 2 aliphatic heterocycles. The molecule has 0 amide bonds. The molecule has 0 aromatic carbocycles. The highest BCUT2D eigenvalue weighted by atomic mass is 16.1. The van der Waals surface area contributed by atoms with Crippen LogP contribution in [0.4, 0.5) is 0 Å². The summed E-state index contributed by atoms with van der Waals surface area (Å²) in [4.78, 5) is 18.9. The predicted octanol–water partition coefficient (Wildman–Crippen LogP) is 2.01. The van der Waals surface area contributed by atoms with Gasteiger partial charge in [0.05, 0.1) is 0 Å². The Kier molecular flexibility index (Phi) is 3.08. The average molecular weight is 255 g/mol. The van der Waals surface area contributed by atoms with Crippen molar-refractivity contribution < 1.29 is 4.79 Å². The first kappa shape index (κ1) is 12.3. The van der Waals surface area contributed by atoms with Gasteiger partial charge >= 0.3 is 0 Å². The van der Waals surface area contributed by atoms with E-state index in [2.05, 4.69) is 16.9 Å². The molecule has 3 rings (SSSR count). The highest BCUT2D eigenvalue weighted by Gasteiger charge is 2.40. The summed E-state index contributed by atoms with van der Waals surface area (Å²) in [5.41, 5.74) is 0.960. The fourth-order valence-electron chi connectivity index (χ4n) is 3.51. The number of carbonyl (C=O) groups excluding carboxylic acids is 1. The van der Waals surface area contributed by atoms with Crippen LogP contribution < -0.4 is 0 Å². The summed E-state index contributed by atoms with van der Waals surface area (Å²) in [6.45, 7) is 0. The molecule has 1 aromatic rings. The number of aromatic nitrogens is 1. The molecular formula is C15H17N3O. The third kappa shape index (κ3) is 2.15. The second-order valence-electron chi connectivity index (χ2n) is 5.62. The molecule has 2 unspecified atom stereocenters. The number of Topliss-reactive ketones (excluding diaryl/α,β-unsaturated/α-hetero) is 1. The normalized spacial score (nSPS) is 30.0. The molecule has 0 aliphatic carbocycles. The van der Waals surface area contributed by atoms with Crippen molar-refractivity contribution in [3.05, 3.63) is 29.6 Å². The van der Waals surface area contributed by atoms with Crippen LogP contribution in [0.3, 0.4) is 0 Å². The van der Waals surface area contributed by atoms with Gasteiger partial charge in [-0.05, 0) is 44.9 Å². The number of ketones is 1. The lowest BCUT2D eigenvalue weighted by atomic mass is 9.85. The van der Waals surface area contributed by atoms with Gasteiger partial charge in [0, 0.05) is 29.8 Å². The highest BCUT2D eigenvalue weighted by molar-refractivity contribution is 5.98. The van der Waals surface area contributed by atoms with E-state index in [9.17, 15) is 4.79 Å². The molecule has 4 heteroatoms. The Morgan fingerprint density at radius 1 is 1.42 bits per heavy atom. The Bertz CT molecular complexity index is 535. The van der Waals surface area contributed by atoms with Crippen LogP contribution in [0.25, 0.3) is 0 Å². The van der Waals surface area contributed by atoms with Crippen LogP contribution in [0.2, 0.25) is 0 Å². The molecule has 4 nitrogen and oxygen atoms in total. The van der Waals surface area contributed by atoms with Crippen molar-refractivity contribution >= 4 is 5.78 Å². The van der Waals surface area contributed by atoms with Gasteiger partial charge in [-0.1, -0.05) is 0 Å². The zero-order valence-electron chi connectivity index (χ0n) is 11.0. The maximum Gasteiger partial charge on any atom is 0.166 e. The SMILES string of the molecule is CN1C2CCC1CC(C(=O)c1ccnc(C#N)c1)C2. The van der Waals surface area contributed by atoms with E-state index >= 15 is 0 Å². The first-order chi connectivity index (χ1) is 9.19. The van der Waals surface area contributed by atoms with Crippen molar-refractivity contribution in [1.82, 2.24) is 9.88 Å².